The Morgan fingerprint density at radius 3 is 2.71 bits per heavy atom. The molecule has 0 bridgehead atoms. The van der Waals surface area contributed by atoms with Crippen LogP contribution in [-0.4, -0.2) is 32.0 Å². The van der Waals surface area contributed by atoms with E-state index in [0.29, 0.717) is 19.5 Å². The number of carbonyl (C=O) groups excluding carboxylic acids is 2. The highest BCUT2D eigenvalue weighted by Gasteiger charge is 2.30. The van der Waals surface area contributed by atoms with Gasteiger partial charge in [0.1, 0.15) is 0 Å². The second-order valence-corrected chi connectivity index (χ2v) is 5.08. The van der Waals surface area contributed by atoms with Crippen molar-refractivity contribution in [3.63, 3.8) is 0 Å². The molecule has 1 unspecified atom stereocenters. The standard InChI is InChI=1S/C14H17N5O2/c1-10(20)18(2)12-3-5-13(6-4-12)19-9-11(7-14(19)21)8-16-17-15/h3-6,11H,7-9H2,1-2H3. The van der Waals surface area contributed by atoms with Gasteiger partial charge in [-0.1, -0.05) is 5.11 Å². The number of rotatable bonds is 4. The molecule has 21 heavy (non-hydrogen) atoms. The number of azide groups is 1. The number of nitrogens with zero attached hydrogens (tertiary/aromatic N) is 5. The van der Waals surface area contributed by atoms with Crippen molar-refractivity contribution < 1.29 is 9.59 Å². The first-order valence-corrected chi connectivity index (χ1v) is 6.68. The average Bonchev–Trinajstić information content (AvgIpc) is 2.85. The Kier molecular flexibility index (Phi) is 4.45. The Balaban J connectivity index is 2.10. The number of benzene rings is 1. The fourth-order valence-corrected chi connectivity index (χ4v) is 2.34. The van der Waals surface area contributed by atoms with Crippen LogP contribution in [0, 0.1) is 5.92 Å². The van der Waals surface area contributed by atoms with E-state index in [2.05, 4.69) is 10.0 Å². The Morgan fingerprint density at radius 2 is 2.14 bits per heavy atom. The van der Waals surface area contributed by atoms with Crippen molar-refractivity contribution in [2.75, 3.05) is 29.9 Å². The molecule has 1 fully saturated rings. The number of anilines is 2. The molecule has 1 atom stereocenters. The van der Waals surface area contributed by atoms with Gasteiger partial charge in [0.2, 0.25) is 11.8 Å². The predicted octanol–water partition coefficient (Wildman–Crippen LogP) is 2.33. The van der Waals surface area contributed by atoms with Crippen LogP contribution < -0.4 is 9.80 Å². The van der Waals surface area contributed by atoms with Crippen molar-refractivity contribution in [1.82, 2.24) is 0 Å². The molecule has 0 saturated carbocycles. The maximum absolute atomic E-state index is 12.0. The van der Waals surface area contributed by atoms with Gasteiger partial charge in [0, 0.05) is 49.8 Å². The quantitative estimate of drug-likeness (QED) is 0.483. The molecule has 0 aromatic heterocycles. The normalized spacial score (nSPS) is 17.5. The van der Waals surface area contributed by atoms with Crippen molar-refractivity contribution in [3.8, 4) is 0 Å². The van der Waals surface area contributed by atoms with Crippen molar-refractivity contribution in [1.29, 1.82) is 0 Å². The number of amides is 2. The average molecular weight is 287 g/mol. The molecule has 1 aromatic rings. The second-order valence-electron chi connectivity index (χ2n) is 5.08. The summed E-state index contributed by atoms with van der Waals surface area (Å²) < 4.78 is 0. The van der Waals surface area contributed by atoms with Crippen LogP contribution in [0.15, 0.2) is 29.4 Å². The molecule has 2 amide bonds. The van der Waals surface area contributed by atoms with E-state index in [1.807, 2.05) is 24.3 Å². The minimum Gasteiger partial charge on any atom is -0.316 e. The van der Waals surface area contributed by atoms with E-state index in [-0.39, 0.29) is 17.7 Å². The van der Waals surface area contributed by atoms with Gasteiger partial charge in [0.15, 0.2) is 0 Å². The molecule has 0 radical (unpaired) electrons. The zero-order chi connectivity index (χ0) is 15.4. The SMILES string of the molecule is CC(=O)N(C)c1ccc(N2CC(CN=[N+]=[N-])CC2=O)cc1. The maximum atomic E-state index is 12.0. The topological polar surface area (TPSA) is 89.4 Å². The molecule has 1 aromatic carbocycles. The van der Waals surface area contributed by atoms with Crippen LogP contribution in [0.3, 0.4) is 0 Å². The lowest BCUT2D eigenvalue weighted by Gasteiger charge is -2.19. The summed E-state index contributed by atoms with van der Waals surface area (Å²) in [5, 5.41) is 3.53. The largest absolute Gasteiger partial charge is 0.316 e. The Hall–Kier alpha value is -2.53. The summed E-state index contributed by atoms with van der Waals surface area (Å²) in [6, 6.07) is 7.26. The summed E-state index contributed by atoms with van der Waals surface area (Å²) in [5.41, 5.74) is 9.91. The molecule has 0 spiro atoms. The van der Waals surface area contributed by atoms with Crippen LogP contribution in [0.25, 0.3) is 10.4 Å². The maximum Gasteiger partial charge on any atom is 0.227 e. The molecule has 7 heteroatoms. The summed E-state index contributed by atoms with van der Waals surface area (Å²) >= 11 is 0. The van der Waals surface area contributed by atoms with Gasteiger partial charge in [-0.05, 0) is 35.7 Å². The lowest BCUT2D eigenvalue weighted by Crippen LogP contribution is -2.25. The van der Waals surface area contributed by atoms with Gasteiger partial charge < -0.3 is 9.80 Å². The molecule has 110 valence electrons. The number of hydrogen-bond donors (Lipinski definition) is 0. The summed E-state index contributed by atoms with van der Waals surface area (Å²) in [5.74, 6) is 0.0446. The summed E-state index contributed by atoms with van der Waals surface area (Å²) in [7, 11) is 1.70. The molecule has 1 aliphatic rings. The molecule has 1 saturated heterocycles. The molecular weight excluding hydrogens is 270 g/mol. The minimum absolute atomic E-state index is 0.0285. The van der Waals surface area contributed by atoms with Gasteiger partial charge >= 0.3 is 0 Å². The predicted molar refractivity (Wildman–Crippen MR) is 80.0 cm³/mol. The van der Waals surface area contributed by atoms with Crippen LogP contribution in [0.5, 0.6) is 0 Å². The first-order valence-electron chi connectivity index (χ1n) is 6.68. The van der Waals surface area contributed by atoms with Crippen molar-refractivity contribution in [2.24, 2.45) is 11.0 Å². The van der Waals surface area contributed by atoms with Crippen LogP contribution >= 0.6 is 0 Å². The Morgan fingerprint density at radius 1 is 1.48 bits per heavy atom. The smallest absolute Gasteiger partial charge is 0.227 e. The number of hydrogen-bond acceptors (Lipinski definition) is 3. The van der Waals surface area contributed by atoms with Crippen LogP contribution in [0.4, 0.5) is 11.4 Å². The van der Waals surface area contributed by atoms with Gasteiger partial charge in [-0.25, -0.2) is 0 Å². The van der Waals surface area contributed by atoms with E-state index in [1.54, 1.807) is 16.8 Å². The highest BCUT2D eigenvalue weighted by molar-refractivity contribution is 5.96. The first kappa shape index (κ1) is 14.9. The fraction of sp³-hybridized carbons (Fsp3) is 0.429. The van der Waals surface area contributed by atoms with Crippen molar-refractivity contribution >= 4 is 23.2 Å². The summed E-state index contributed by atoms with van der Waals surface area (Å²) in [6.45, 7) is 2.39. The zero-order valence-corrected chi connectivity index (χ0v) is 12.1. The third kappa shape index (κ3) is 3.32. The minimum atomic E-state index is -0.0468. The molecule has 2 rings (SSSR count). The fourth-order valence-electron chi connectivity index (χ4n) is 2.34. The third-order valence-corrected chi connectivity index (χ3v) is 3.63. The van der Waals surface area contributed by atoms with Crippen LogP contribution in [0.1, 0.15) is 13.3 Å². The Labute approximate surface area is 122 Å². The molecular formula is C14H17N5O2. The number of carbonyl (C=O) groups is 2. The van der Waals surface area contributed by atoms with Crippen LogP contribution in [-0.2, 0) is 9.59 Å². The van der Waals surface area contributed by atoms with E-state index >= 15 is 0 Å². The molecule has 1 heterocycles. The zero-order valence-electron chi connectivity index (χ0n) is 12.1. The second kappa shape index (κ2) is 6.28. The van der Waals surface area contributed by atoms with E-state index in [0.717, 1.165) is 11.4 Å². The molecule has 1 aliphatic heterocycles. The lowest BCUT2D eigenvalue weighted by molar-refractivity contribution is -0.117. The van der Waals surface area contributed by atoms with E-state index in [9.17, 15) is 9.59 Å². The summed E-state index contributed by atoms with van der Waals surface area (Å²) in [6.07, 6.45) is 0.397. The van der Waals surface area contributed by atoms with Crippen LogP contribution in [0.2, 0.25) is 0 Å². The highest BCUT2D eigenvalue weighted by atomic mass is 16.2. The molecule has 0 aliphatic carbocycles. The van der Waals surface area contributed by atoms with Gasteiger partial charge in [-0.15, -0.1) is 0 Å². The summed E-state index contributed by atoms with van der Waals surface area (Å²) in [4.78, 5) is 29.3. The lowest BCUT2D eigenvalue weighted by atomic mass is 10.1. The van der Waals surface area contributed by atoms with Gasteiger partial charge in [0.25, 0.3) is 0 Å². The molecule has 0 N–H and O–H groups in total. The van der Waals surface area contributed by atoms with Crippen molar-refractivity contribution in [3.05, 3.63) is 34.7 Å². The first-order chi connectivity index (χ1) is 10.0. The Bertz CT molecular complexity index is 592. The van der Waals surface area contributed by atoms with Crippen molar-refractivity contribution in [2.45, 2.75) is 13.3 Å². The molecule has 7 nitrogen and oxygen atoms in total. The van der Waals surface area contributed by atoms with Gasteiger partial charge in [0.05, 0.1) is 0 Å². The van der Waals surface area contributed by atoms with E-state index in [4.69, 9.17) is 5.53 Å². The van der Waals surface area contributed by atoms with Gasteiger partial charge in [-0.2, -0.15) is 0 Å². The van der Waals surface area contributed by atoms with E-state index < -0.39 is 0 Å². The monoisotopic (exact) mass is 287 g/mol. The third-order valence-electron chi connectivity index (χ3n) is 3.63. The van der Waals surface area contributed by atoms with Gasteiger partial charge in [-0.3, -0.25) is 9.59 Å². The van der Waals surface area contributed by atoms with E-state index in [1.165, 1.54) is 6.92 Å². The highest BCUT2D eigenvalue weighted by Crippen LogP contribution is 2.27.